The van der Waals surface area contributed by atoms with Crippen LogP contribution in [0, 0.1) is 11.3 Å². The number of nitriles is 1. The maximum absolute atomic E-state index is 12.0. The van der Waals surface area contributed by atoms with Gasteiger partial charge < -0.3 is 14.5 Å². The SMILES string of the molecule is COc1cc(Cl)c(-c2nc(S(C)(=O)=O)nc3[nH]cc(C#N)c23)cc1OC. The van der Waals surface area contributed by atoms with Crippen LogP contribution in [0.2, 0.25) is 5.02 Å². The first-order valence-corrected chi connectivity index (χ1v) is 9.48. The number of aromatic nitrogens is 3. The Balaban J connectivity index is 2.44. The molecule has 0 atom stereocenters. The Morgan fingerprint density at radius 3 is 2.42 bits per heavy atom. The van der Waals surface area contributed by atoms with Crippen molar-refractivity contribution >= 4 is 32.5 Å². The maximum Gasteiger partial charge on any atom is 0.249 e. The van der Waals surface area contributed by atoms with E-state index in [9.17, 15) is 13.7 Å². The average Bonchev–Trinajstić information content (AvgIpc) is 3.03. The van der Waals surface area contributed by atoms with Crippen molar-refractivity contribution in [3.8, 4) is 28.8 Å². The van der Waals surface area contributed by atoms with Crippen LogP contribution in [-0.4, -0.2) is 43.8 Å². The highest BCUT2D eigenvalue weighted by molar-refractivity contribution is 7.90. The molecule has 2 heterocycles. The number of hydrogen-bond donors (Lipinski definition) is 1. The van der Waals surface area contributed by atoms with Gasteiger partial charge in [-0.2, -0.15) is 5.26 Å². The topological polar surface area (TPSA) is 118 Å². The zero-order chi connectivity index (χ0) is 19.1. The summed E-state index contributed by atoms with van der Waals surface area (Å²) in [5, 5.41) is 9.60. The van der Waals surface area contributed by atoms with E-state index in [1.54, 1.807) is 6.07 Å². The number of fused-ring (bicyclic) bond motifs is 1. The summed E-state index contributed by atoms with van der Waals surface area (Å²) in [6.07, 6.45) is 2.44. The Hall–Kier alpha value is -2.83. The van der Waals surface area contributed by atoms with E-state index in [0.29, 0.717) is 22.4 Å². The molecule has 0 amide bonds. The molecule has 0 spiro atoms. The number of H-pyrrole nitrogens is 1. The van der Waals surface area contributed by atoms with Crippen LogP contribution in [0.1, 0.15) is 5.56 Å². The minimum absolute atomic E-state index is 0.208. The molecule has 2 aromatic heterocycles. The fourth-order valence-corrected chi connectivity index (χ4v) is 3.25. The van der Waals surface area contributed by atoms with Gasteiger partial charge in [-0.15, -0.1) is 0 Å². The average molecular weight is 393 g/mol. The summed E-state index contributed by atoms with van der Waals surface area (Å²) in [4.78, 5) is 11.0. The molecule has 10 heteroatoms. The van der Waals surface area contributed by atoms with Gasteiger partial charge in [0, 0.05) is 24.1 Å². The lowest BCUT2D eigenvalue weighted by molar-refractivity contribution is 0.355. The van der Waals surface area contributed by atoms with Crippen LogP contribution in [0.25, 0.3) is 22.3 Å². The fraction of sp³-hybridized carbons (Fsp3) is 0.188. The molecule has 0 unspecified atom stereocenters. The first kappa shape index (κ1) is 18.0. The molecule has 134 valence electrons. The van der Waals surface area contributed by atoms with Crippen molar-refractivity contribution in [3.63, 3.8) is 0 Å². The summed E-state index contributed by atoms with van der Waals surface area (Å²) in [5.41, 5.74) is 1.08. The quantitative estimate of drug-likeness (QED) is 0.677. The number of benzene rings is 1. The van der Waals surface area contributed by atoms with Gasteiger partial charge in [0.05, 0.1) is 35.9 Å². The Morgan fingerprint density at radius 2 is 1.85 bits per heavy atom. The molecule has 0 aliphatic heterocycles. The second-order valence-electron chi connectivity index (χ2n) is 5.35. The third-order valence-corrected chi connectivity index (χ3v) is 4.85. The Kier molecular flexibility index (Phi) is 4.48. The highest BCUT2D eigenvalue weighted by atomic mass is 35.5. The van der Waals surface area contributed by atoms with E-state index < -0.39 is 9.84 Å². The highest BCUT2D eigenvalue weighted by Gasteiger charge is 2.22. The second-order valence-corrected chi connectivity index (χ2v) is 7.67. The van der Waals surface area contributed by atoms with Gasteiger partial charge >= 0.3 is 0 Å². The lowest BCUT2D eigenvalue weighted by atomic mass is 10.1. The Morgan fingerprint density at radius 1 is 1.19 bits per heavy atom. The molecule has 26 heavy (non-hydrogen) atoms. The smallest absolute Gasteiger partial charge is 0.249 e. The van der Waals surface area contributed by atoms with Gasteiger partial charge in [0.1, 0.15) is 11.7 Å². The van der Waals surface area contributed by atoms with Crippen LogP contribution in [0.15, 0.2) is 23.5 Å². The number of hydrogen-bond acceptors (Lipinski definition) is 7. The standard InChI is InChI=1S/C16H13ClN4O4S/c1-24-11-4-9(10(17)5-12(11)25-2)14-13-8(6-18)7-19-15(13)21-16(20-14)26(3,22)23/h4-5,7H,1-3H3,(H,19,20,21). The first-order valence-electron chi connectivity index (χ1n) is 7.21. The van der Waals surface area contributed by atoms with E-state index in [4.69, 9.17) is 21.1 Å². The van der Waals surface area contributed by atoms with E-state index in [-0.39, 0.29) is 27.1 Å². The van der Waals surface area contributed by atoms with Gasteiger partial charge in [-0.25, -0.2) is 18.4 Å². The lowest BCUT2D eigenvalue weighted by Gasteiger charge is -2.12. The zero-order valence-electron chi connectivity index (χ0n) is 14.0. The number of ether oxygens (including phenoxy) is 2. The summed E-state index contributed by atoms with van der Waals surface area (Å²) in [7, 11) is -0.755. The van der Waals surface area contributed by atoms with Crippen LogP contribution in [0.3, 0.4) is 0 Å². The third kappa shape index (κ3) is 2.94. The summed E-state index contributed by atoms with van der Waals surface area (Å²) in [5.74, 6) is 0.790. The summed E-state index contributed by atoms with van der Waals surface area (Å²) in [6.45, 7) is 0. The fourth-order valence-electron chi connectivity index (χ4n) is 2.50. The van der Waals surface area contributed by atoms with Crippen LogP contribution < -0.4 is 9.47 Å². The van der Waals surface area contributed by atoms with Crippen LogP contribution in [0.5, 0.6) is 11.5 Å². The molecule has 0 aliphatic carbocycles. The van der Waals surface area contributed by atoms with Crippen molar-refractivity contribution in [2.24, 2.45) is 0 Å². The number of rotatable bonds is 4. The van der Waals surface area contributed by atoms with Gasteiger partial charge in [-0.1, -0.05) is 11.6 Å². The molecule has 0 aliphatic rings. The number of aromatic amines is 1. The Labute approximate surface area is 154 Å². The minimum Gasteiger partial charge on any atom is -0.493 e. The van der Waals surface area contributed by atoms with Crippen molar-refractivity contribution in [2.45, 2.75) is 5.16 Å². The van der Waals surface area contributed by atoms with Crippen molar-refractivity contribution in [3.05, 3.63) is 28.9 Å². The van der Waals surface area contributed by atoms with Crippen molar-refractivity contribution in [1.29, 1.82) is 5.26 Å². The lowest BCUT2D eigenvalue weighted by Crippen LogP contribution is -2.06. The van der Waals surface area contributed by atoms with Crippen molar-refractivity contribution in [2.75, 3.05) is 20.5 Å². The predicted octanol–water partition coefficient (Wildman–Crippen LogP) is 2.57. The monoisotopic (exact) mass is 392 g/mol. The molecule has 3 rings (SSSR count). The predicted molar refractivity (Wildman–Crippen MR) is 95.3 cm³/mol. The first-order chi connectivity index (χ1) is 12.3. The van der Waals surface area contributed by atoms with Crippen molar-refractivity contribution in [1.82, 2.24) is 15.0 Å². The molecule has 1 N–H and O–H groups in total. The summed E-state index contributed by atoms with van der Waals surface area (Å²) in [6, 6.07) is 5.13. The van der Waals surface area contributed by atoms with Gasteiger partial charge in [0.25, 0.3) is 0 Å². The van der Waals surface area contributed by atoms with Crippen molar-refractivity contribution < 1.29 is 17.9 Å². The molecule has 1 aromatic carbocycles. The number of sulfone groups is 1. The molecule has 3 aromatic rings. The maximum atomic E-state index is 12.0. The molecule has 8 nitrogen and oxygen atoms in total. The summed E-state index contributed by atoms with van der Waals surface area (Å²) >= 11 is 6.36. The number of nitrogens with one attached hydrogen (secondary N) is 1. The molecule has 0 radical (unpaired) electrons. The number of methoxy groups -OCH3 is 2. The second kappa shape index (κ2) is 6.48. The van der Waals surface area contributed by atoms with E-state index in [1.165, 1.54) is 26.5 Å². The highest BCUT2D eigenvalue weighted by Crippen LogP contribution is 2.40. The van der Waals surface area contributed by atoms with Gasteiger partial charge in [-0.3, -0.25) is 0 Å². The van der Waals surface area contributed by atoms with Gasteiger partial charge in [-0.05, 0) is 6.07 Å². The van der Waals surface area contributed by atoms with Gasteiger partial charge in [0.15, 0.2) is 11.5 Å². The van der Waals surface area contributed by atoms with E-state index >= 15 is 0 Å². The Bertz CT molecular complexity index is 1170. The normalized spacial score (nSPS) is 11.3. The van der Waals surface area contributed by atoms with E-state index in [1.807, 2.05) is 6.07 Å². The van der Waals surface area contributed by atoms with Gasteiger partial charge in [0.2, 0.25) is 15.0 Å². The molecular formula is C16H13ClN4O4S. The van der Waals surface area contributed by atoms with Crippen LogP contribution in [0.4, 0.5) is 0 Å². The third-order valence-electron chi connectivity index (χ3n) is 3.69. The number of halogens is 1. The largest absolute Gasteiger partial charge is 0.493 e. The molecular weight excluding hydrogens is 380 g/mol. The van der Waals surface area contributed by atoms with Crippen LogP contribution >= 0.6 is 11.6 Å². The van der Waals surface area contributed by atoms with E-state index in [2.05, 4.69) is 15.0 Å². The number of nitrogens with zero attached hydrogens (tertiary/aromatic N) is 3. The summed E-state index contributed by atoms with van der Waals surface area (Å²) < 4.78 is 34.4. The molecule has 0 saturated carbocycles. The minimum atomic E-state index is -3.69. The zero-order valence-corrected chi connectivity index (χ0v) is 15.6. The van der Waals surface area contributed by atoms with Crippen LogP contribution in [-0.2, 0) is 9.84 Å². The van der Waals surface area contributed by atoms with E-state index in [0.717, 1.165) is 6.26 Å². The molecule has 0 saturated heterocycles. The molecule has 0 fully saturated rings. The molecule has 0 bridgehead atoms.